The van der Waals surface area contributed by atoms with Gasteiger partial charge >= 0.3 is 0 Å². The molecule has 1 amide bonds. The van der Waals surface area contributed by atoms with Crippen LogP contribution in [0.15, 0.2) is 24.3 Å². The first-order valence-electron chi connectivity index (χ1n) is 6.63. The van der Waals surface area contributed by atoms with Crippen molar-refractivity contribution in [3.63, 3.8) is 0 Å². The summed E-state index contributed by atoms with van der Waals surface area (Å²) in [7, 11) is 1.61. The van der Waals surface area contributed by atoms with Crippen molar-refractivity contribution in [3.05, 3.63) is 29.8 Å². The number of carbonyl (C=O) groups excluding carboxylic acids is 1. The van der Waals surface area contributed by atoms with Crippen LogP contribution < -0.4 is 4.74 Å². The van der Waals surface area contributed by atoms with Gasteiger partial charge in [0.1, 0.15) is 11.7 Å². The summed E-state index contributed by atoms with van der Waals surface area (Å²) in [6.07, 6.45) is 0.427. The minimum absolute atomic E-state index is 0.105. The first-order chi connectivity index (χ1) is 9.74. The van der Waals surface area contributed by atoms with Crippen LogP contribution in [0.1, 0.15) is 5.56 Å². The summed E-state index contributed by atoms with van der Waals surface area (Å²) in [5.41, 5.74) is 0.957. The van der Waals surface area contributed by atoms with Gasteiger partial charge in [0.05, 0.1) is 26.4 Å². The number of ether oxygens (including phenoxy) is 2. The highest BCUT2D eigenvalue weighted by Crippen LogP contribution is 2.16. The lowest BCUT2D eigenvalue weighted by Gasteiger charge is -2.28. The maximum atomic E-state index is 12.3. The molecule has 1 heterocycles. The van der Waals surface area contributed by atoms with Crippen LogP contribution in [0.25, 0.3) is 0 Å². The minimum Gasteiger partial charge on any atom is -0.497 e. The zero-order valence-corrected chi connectivity index (χ0v) is 11.5. The number of morpholine rings is 1. The molecule has 0 radical (unpaired) electrons. The van der Waals surface area contributed by atoms with E-state index in [0.717, 1.165) is 11.3 Å². The second kappa shape index (κ2) is 6.92. The quantitative estimate of drug-likeness (QED) is 0.828. The van der Waals surface area contributed by atoms with Crippen LogP contribution in [-0.2, 0) is 16.0 Å². The smallest absolute Gasteiger partial charge is 0.240 e. The molecule has 1 aliphatic rings. The van der Waals surface area contributed by atoms with Crippen LogP contribution in [-0.4, -0.2) is 44.2 Å². The second-order valence-electron chi connectivity index (χ2n) is 4.67. The van der Waals surface area contributed by atoms with E-state index >= 15 is 0 Å². The summed E-state index contributed by atoms with van der Waals surface area (Å²) in [6, 6.07) is 9.55. The lowest BCUT2D eigenvalue weighted by molar-refractivity contribution is -0.137. The van der Waals surface area contributed by atoms with Gasteiger partial charge in [0.25, 0.3) is 0 Å². The Labute approximate surface area is 118 Å². The molecule has 1 atom stereocenters. The van der Waals surface area contributed by atoms with Gasteiger partial charge < -0.3 is 14.4 Å². The monoisotopic (exact) mass is 274 g/mol. The van der Waals surface area contributed by atoms with Crippen LogP contribution in [0, 0.1) is 17.2 Å². The Morgan fingerprint density at radius 1 is 1.40 bits per heavy atom. The van der Waals surface area contributed by atoms with Crippen LogP contribution in [0.2, 0.25) is 0 Å². The molecule has 0 bridgehead atoms. The van der Waals surface area contributed by atoms with E-state index in [0.29, 0.717) is 32.7 Å². The second-order valence-corrected chi connectivity index (χ2v) is 4.67. The van der Waals surface area contributed by atoms with Crippen molar-refractivity contribution in [2.24, 2.45) is 5.92 Å². The fourth-order valence-electron chi connectivity index (χ4n) is 2.19. The van der Waals surface area contributed by atoms with Gasteiger partial charge in [-0.1, -0.05) is 12.1 Å². The van der Waals surface area contributed by atoms with Gasteiger partial charge in [-0.3, -0.25) is 4.79 Å². The third kappa shape index (κ3) is 3.49. The van der Waals surface area contributed by atoms with E-state index in [2.05, 4.69) is 6.07 Å². The molecule has 0 saturated carbocycles. The van der Waals surface area contributed by atoms with Crippen molar-refractivity contribution >= 4 is 5.91 Å². The Balaban J connectivity index is 2.00. The molecule has 0 aliphatic carbocycles. The Bertz CT molecular complexity index is 487. The molecule has 106 valence electrons. The molecular weight excluding hydrogens is 256 g/mol. The van der Waals surface area contributed by atoms with Gasteiger partial charge in [0.15, 0.2) is 0 Å². The summed E-state index contributed by atoms with van der Waals surface area (Å²) in [5.74, 6) is 0.0230. The van der Waals surface area contributed by atoms with E-state index in [-0.39, 0.29) is 5.91 Å². The first kappa shape index (κ1) is 14.4. The molecule has 20 heavy (non-hydrogen) atoms. The number of amides is 1. The molecular formula is C15H18N2O3. The summed E-state index contributed by atoms with van der Waals surface area (Å²) in [4.78, 5) is 14.0. The highest BCUT2D eigenvalue weighted by Gasteiger charge is 2.25. The maximum absolute atomic E-state index is 12.3. The molecule has 1 aliphatic heterocycles. The normalized spacial score (nSPS) is 16.3. The fourth-order valence-corrected chi connectivity index (χ4v) is 2.19. The van der Waals surface area contributed by atoms with Crippen LogP contribution >= 0.6 is 0 Å². The van der Waals surface area contributed by atoms with Gasteiger partial charge in [-0.25, -0.2) is 0 Å². The lowest BCUT2D eigenvalue weighted by atomic mass is 9.99. The van der Waals surface area contributed by atoms with Crippen molar-refractivity contribution in [3.8, 4) is 11.8 Å². The fraction of sp³-hybridized carbons (Fsp3) is 0.467. The Morgan fingerprint density at radius 3 is 2.60 bits per heavy atom. The van der Waals surface area contributed by atoms with Crippen molar-refractivity contribution in [1.82, 2.24) is 4.90 Å². The van der Waals surface area contributed by atoms with Crippen LogP contribution in [0.3, 0.4) is 0 Å². The van der Waals surface area contributed by atoms with Crippen molar-refractivity contribution in [1.29, 1.82) is 5.26 Å². The highest BCUT2D eigenvalue weighted by molar-refractivity contribution is 5.81. The standard InChI is InChI=1S/C15H18N2O3/c1-19-14-4-2-12(3-5-14)10-13(11-16)15(18)17-6-8-20-9-7-17/h2-5,13H,6-10H2,1H3. The van der Waals surface area contributed by atoms with E-state index in [4.69, 9.17) is 9.47 Å². The molecule has 5 heteroatoms. The molecule has 1 aromatic carbocycles. The number of nitriles is 1. The molecule has 1 fully saturated rings. The molecule has 0 aromatic heterocycles. The Morgan fingerprint density at radius 2 is 2.05 bits per heavy atom. The van der Waals surface area contributed by atoms with Crippen LogP contribution in [0.5, 0.6) is 5.75 Å². The zero-order valence-electron chi connectivity index (χ0n) is 11.5. The van der Waals surface area contributed by atoms with Crippen molar-refractivity contribution in [2.45, 2.75) is 6.42 Å². The average Bonchev–Trinajstić information content (AvgIpc) is 2.53. The lowest BCUT2D eigenvalue weighted by Crippen LogP contribution is -2.43. The van der Waals surface area contributed by atoms with Crippen molar-refractivity contribution in [2.75, 3.05) is 33.4 Å². The predicted octanol–water partition coefficient (Wildman–Crippen LogP) is 1.24. The van der Waals surface area contributed by atoms with E-state index in [1.807, 2.05) is 24.3 Å². The molecule has 1 aromatic rings. The summed E-state index contributed by atoms with van der Waals surface area (Å²) < 4.78 is 10.3. The van der Waals surface area contributed by atoms with Gasteiger partial charge in [0.2, 0.25) is 5.91 Å². The van der Waals surface area contributed by atoms with Gasteiger partial charge in [-0.2, -0.15) is 5.26 Å². The SMILES string of the molecule is COc1ccc(CC(C#N)C(=O)N2CCOCC2)cc1. The van der Waals surface area contributed by atoms with Gasteiger partial charge in [0, 0.05) is 13.1 Å². The third-order valence-electron chi connectivity index (χ3n) is 3.38. The summed E-state index contributed by atoms with van der Waals surface area (Å²) >= 11 is 0. The van der Waals surface area contributed by atoms with E-state index in [1.54, 1.807) is 12.0 Å². The highest BCUT2D eigenvalue weighted by atomic mass is 16.5. The number of methoxy groups -OCH3 is 1. The molecule has 5 nitrogen and oxygen atoms in total. The molecule has 1 unspecified atom stereocenters. The molecule has 0 spiro atoms. The molecule has 2 rings (SSSR count). The van der Waals surface area contributed by atoms with Gasteiger partial charge in [-0.05, 0) is 24.1 Å². The Hall–Kier alpha value is -2.06. The summed E-state index contributed by atoms with van der Waals surface area (Å²) in [6.45, 7) is 2.23. The Kier molecular flexibility index (Phi) is 4.97. The first-order valence-corrected chi connectivity index (χ1v) is 6.63. The molecule has 1 saturated heterocycles. The largest absolute Gasteiger partial charge is 0.497 e. The van der Waals surface area contributed by atoms with E-state index in [1.165, 1.54) is 0 Å². The number of carbonyl (C=O) groups is 1. The number of hydrogen-bond acceptors (Lipinski definition) is 4. The van der Waals surface area contributed by atoms with E-state index in [9.17, 15) is 10.1 Å². The number of rotatable bonds is 4. The minimum atomic E-state index is -0.638. The number of nitrogens with zero attached hydrogens (tertiary/aromatic N) is 2. The molecule has 0 N–H and O–H groups in total. The topological polar surface area (TPSA) is 62.6 Å². The number of hydrogen-bond donors (Lipinski definition) is 0. The zero-order chi connectivity index (χ0) is 14.4. The summed E-state index contributed by atoms with van der Waals surface area (Å²) in [5, 5.41) is 9.24. The third-order valence-corrected chi connectivity index (χ3v) is 3.38. The van der Waals surface area contributed by atoms with Crippen molar-refractivity contribution < 1.29 is 14.3 Å². The maximum Gasteiger partial charge on any atom is 0.240 e. The van der Waals surface area contributed by atoms with E-state index < -0.39 is 5.92 Å². The predicted molar refractivity (Wildman–Crippen MR) is 73.2 cm³/mol. The average molecular weight is 274 g/mol. The van der Waals surface area contributed by atoms with Crippen LogP contribution in [0.4, 0.5) is 0 Å². The number of benzene rings is 1. The van der Waals surface area contributed by atoms with Gasteiger partial charge in [-0.15, -0.1) is 0 Å².